The van der Waals surface area contributed by atoms with E-state index < -0.39 is 77.4 Å². The number of amides is 1. The zero-order chi connectivity index (χ0) is 39.5. The number of hydrogen-bond acceptors (Lipinski definition) is 15. The first kappa shape index (κ1) is 41.6. The van der Waals surface area contributed by atoms with Crippen molar-refractivity contribution >= 4 is 41.0 Å². The lowest BCUT2D eigenvalue weighted by Gasteiger charge is -2.45. The molecular formula is C37H54N6O10S. The molecule has 16 nitrogen and oxygen atoms in total. The van der Waals surface area contributed by atoms with Gasteiger partial charge in [-0.1, -0.05) is 26.8 Å². The number of rotatable bonds is 9. The summed E-state index contributed by atoms with van der Waals surface area (Å²) < 4.78 is 31.0. The maximum absolute atomic E-state index is 14.3. The van der Waals surface area contributed by atoms with E-state index in [1.54, 1.807) is 34.6 Å². The van der Waals surface area contributed by atoms with Crippen LogP contribution >= 0.6 is 11.3 Å². The van der Waals surface area contributed by atoms with Gasteiger partial charge in [0.2, 0.25) is 5.82 Å². The quantitative estimate of drug-likeness (QED) is 0.246. The third kappa shape index (κ3) is 8.92. The molecular weight excluding hydrogens is 721 g/mol. The Bertz CT molecular complexity index is 1670. The fourth-order valence-electron chi connectivity index (χ4n) is 7.85. The lowest BCUT2D eigenvalue weighted by molar-refractivity contribution is -0.290. The highest BCUT2D eigenvalue weighted by molar-refractivity contribution is 7.16. The number of ketones is 2. The van der Waals surface area contributed by atoms with E-state index in [4.69, 9.17) is 23.7 Å². The van der Waals surface area contributed by atoms with Crippen molar-refractivity contribution in [3.8, 4) is 10.7 Å². The van der Waals surface area contributed by atoms with Gasteiger partial charge < -0.3 is 39.0 Å². The van der Waals surface area contributed by atoms with Crippen LogP contribution in [0.2, 0.25) is 0 Å². The molecule has 0 saturated carbocycles. The van der Waals surface area contributed by atoms with E-state index in [-0.39, 0.29) is 43.8 Å². The van der Waals surface area contributed by atoms with Crippen LogP contribution < -0.4 is 5.32 Å². The van der Waals surface area contributed by atoms with Crippen LogP contribution in [0.15, 0.2) is 18.2 Å². The highest BCUT2D eigenvalue weighted by Crippen LogP contribution is 2.39. The lowest BCUT2D eigenvalue weighted by Crippen LogP contribution is -2.58. The summed E-state index contributed by atoms with van der Waals surface area (Å²) in [5, 5.41) is 28.4. The van der Waals surface area contributed by atoms with E-state index in [1.807, 2.05) is 50.2 Å². The van der Waals surface area contributed by atoms with Gasteiger partial charge in [-0.3, -0.25) is 14.4 Å². The van der Waals surface area contributed by atoms with Gasteiger partial charge in [0, 0.05) is 29.2 Å². The zero-order valence-corrected chi connectivity index (χ0v) is 33.3. The minimum Gasteiger partial charge on any atom is -0.458 e. The standard InChI is InChI=1S/C37H54N6O10S/c1-10-27-37(7)31(38-35(48)53-37)22(5)29(45)19(2)18-36(6,49-15-11-12-23-13-14-26(54-23)32-39-41-42-40-32)28(17-25(44)21(4)33(47)51-27)52-34-30(46)24(43(8)9)16-20(3)50-34/h11-14,19-22,24,27-28,30-31,34,46H,10,15-18H2,1-9H3,(H,38,48)(H,39,40,41,42)/b12-11+/t19-,20-,21-,22-,24+,27+,28-,30-,31-,34?,36+,37-/m1/s1. The van der Waals surface area contributed by atoms with Crippen LogP contribution in [0.25, 0.3) is 16.8 Å². The number of cyclic esters (lactones) is 1. The van der Waals surface area contributed by atoms with Crippen molar-refractivity contribution < 1.29 is 48.0 Å². The maximum atomic E-state index is 14.3. The molecule has 3 aliphatic heterocycles. The van der Waals surface area contributed by atoms with E-state index >= 15 is 0 Å². The molecule has 3 aliphatic rings. The summed E-state index contributed by atoms with van der Waals surface area (Å²) in [5.74, 6) is -3.65. The number of ether oxygens (including phenoxy) is 5. The molecule has 5 rings (SSSR count). The third-order valence-corrected chi connectivity index (χ3v) is 12.1. The highest BCUT2D eigenvalue weighted by atomic mass is 32.1. The van der Waals surface area contributed by atoms with E-state index in [0.29, 0.717) is 12.2 Å². The van der Waals surface area contributed by atoms with Crippen molar-refractivity contribution in [1.29, 1.82) is 0 Å². The summed E-state index contributed by atoms with van der Waals surface area (Å²) in [7, 11) is 3.72. The molecule has 0 aliphatic carbocycles. The fraction of sp³-hybridized carbons (Fsp3) is 0.703. The summed E-state index contributed by atoms with van der Waals surface area (Å²) in [6, 6.07) is 2.67. The molecule has 54 heavy (non-hydrogen) atoms. The third-order valence-electron chi connectivity index (χ3n) is 11.1. The molecule has 1 unspecified atom stereocenters. The number of aromatic amines is 1. The monoisotopic (exact) mass is 774 g/mol. The second-order valence-electron chi connectivity index (χ2n) is 15.4. The molecule has 0 spiro atoms. The second kappa shape index (κ2) is 17.0. The zero-order valence-electron chi connectivity index (χ0n) is 32.4. The number of nitrogens with zero attached hydrogens (tertiary/aromatic N) is 4. The minimum atomic E-state index is -1.38. The van der Waals surface area contributed by atoms with Crippen LogP contribution in [0.1, 0.15) is 79.0 Å². The van der Waals surface area contributed by atoms with Crippen molar-refractivity contribution in [2.45, 2.75) is 128 Å². The molecule has 0 radical (unpaired) electrons. The number of carbonyl (C=O) groups excluding carboxylic acids is 4. The van der Waals surface area contributed by atoms with Crippen molar-refractivity contribution in [3.05, 3.63) is 23.1 Å². The molecule has 0 aromatic carbocycles. The van der Waals surface area contributed by atoms with Crippen LogP contribution in [-0.2, 0) is 38.1 Å². The summed E-state index contributed by atoms with van der Waals surface area (Å²) in [6.45, 7) is 12.1. The predicted octanol–water partition coefficient (Wildman–Crippen LogP) is 3.56. The molecule has 298 valence electrons. The molecule has 0 bridgehead atoms. The summed E-state index contributed by atoms with van der Waals surface area (Å²) >= 11 is 1.46. The SMILES string of the molecule is CC[C@@H]1OC(=O)[C@H](C)C(=O)C[C@@H](OC2O[C@H](C)C[C@H](N(C)C)[C@H]2O)[C@@](C)(OC/C=C/c2ccc(-c3nn[nH]n3)s2)C[C@@H](C)C(=O)[C@@H](C)[C@H]2NC(=O)O[C@]12C. The Morgan fingerprint density at radius 2 is 1.87 bits per heavy atom. The number of carbonyl (C=O) groups is 4. The molecule has 3 saturated heterocycles. The molecule has 17 heteroatoms. The number of aromatic nitrogens is 4. The van der Waals surface area contributed by atoms with Crippen LogP contribution in [0.5, 0.6) is 0 Å². The maximum Gasteiger partial charge on any atom is 0.408 e. The van der Waals surface area contributed by atoms with E-state index in [1.165, 1.54) is 18.3 Å². The summed E-state index contributed by atoms with van der Waals surface area (Å²) in [5.41, 5.74) is -2.71. The van der Waals surface area contributed by atoms with Crippen molar-refractivity contribution in [1.82, 2.24) is 30.8 Å². The Labute approximate surface area is 319 Å². The van der Waals surface area contributed by atoms with Crippen LogP contribution in [0.3, 0.4) is 0 Å². The smallest absolute Gasteiger partial charge is 0.408 e. The predicted molar refractivity (Wildman–Crippen MR) is 197 cm³/mol. The molecule has 5 heterocycles. The van der Waals surface area contributed by atoms with Gasteiger partial charge in [-0.25, -0.2) is 4.79 Å². The first-order chi connectivity index (χ1) is 25.5. The van der Waals surface area contributed by atoms with Gasteiger partial charge in [0.15, 0.2) is 11.9 Å². The van der Waals surface area contributed by atoms with E-state index in [9.17, 15) is 24.3 Å². The fourth-order valence-corrected chi connectivity index (χ4v) is 8.72. The number of esters is 1. The summed E-state index contributed by atoms with van der Waals surface area (Å²) in [4.78, 5) is 58.3. The number of thiophene rings is 1. The van der Waals surface area contributed by atoms with Crippen molar-refractivity contribution in [2.24, 2.45) is 17.8 Å². The van der Waals surface area contributed by atoms with Crippen LogP contribution in [-0.4, -0.2) is 129 Å². The normalized spacial score (nSPS) is 37.2. The highest BCUT2D eigenvalue weighted by Gasteiger charge is 2.56. The number of H-pyrrole nitrogens is 1. The number of tetrazole rings is 1. The molecule has 3 fully saturated rings. The van der Waals surface area contributed by atoms with Crippen molar-refractivity contribution in [3.63, 3.8) is 0 Å². The Kier molecular flexibility index (Phi) is 13.1. The Balaban J connectivity index is 1.50. The van der Waals surface area contributed by atoms with Gasteiger partial charge in [0.05, 0.1) is 35.3 Å². The first-order valence-corrected chi connectivity index (χ1v) is 19.3. The number of nitrogens with one attached hydrogen (secondary N) is 2. The van der Waals surface area contributed by atoms with Gasteiger partial charge in [0.1, 0.15) is 29.7 Å². The number of hydrogen-bond donors (Lipinski definition) is 3. The van der Waals surface area contributed by atoms with Gasteiger partial charge in [0.25, 0.3) is 0 Å². The number of likely N-dealkylation sites (N-methyl/N-ethyl adjacent to an activating group) is 1. The molecule has 2 aromatic heterocycles. The molecule has 1 amide bonds. The van der Waals surface area contributed by atoms with Gasteiger partial charge in [-0.2, -0.15) is 5.21 Å². The van der Waals surface area contributed by atoms with E-state index in [2.05, 4.69) is 25.9 Å². The lowest BCUT2D eigenvalue weighted by atomic mass is 9.75. The van der Waals surface area contributed by atoms with Gasteiger partial charge in [-0.15, -0.1) is 21.5 Å². The van der Waals surface area contributed by atoms with E-state index in [0.717, 1.165) is 9.75 Å². The molecule has 2 aromatic rings. The Morgan fingerprint density at radius 3 is 2.54 bits per heavy atom. The van der Waals surface area contributed by atoms with Crippen LogP contribution in [0.4, 0.5) is 4.79 Å². The molecule has 12 atom stereocenters. The first-order valence-electron chi connectivity index (χ1n) is 18.5. The average molecular weight is 775 g/mol. The Morgan fingerprint density at radius 1 is 1.13 bits per heavy atom. The Hall–Kier alpha value is -3.61. The number of aliphatic hydroxyl groups is 1. The van der Waals surface area contributed by atoms with Crippen molar-refractivity contribution in [2.75, 3.05) is 20.7 Å². The van der Waals surface area contributed by atoms with Crippen LogP contribution in [0, 0.1) is 17.8 Å². The largest absolute Gasteiger partial charge is 0.458 e. The topological polar surface area (TPSA) is 204 Å². The molecule has 3 N–H and O–H groups in total. The number of alkyl carbamates (subject to hydrolysis) is 1. The van der Waals surface area contributed by atoms with Gasteiger partial charge in [-0.05, 0) is 84.5 Å². The second-order valence-corrected chi connectivity index (χ2v) is 16.5. The minimum absolute atomic E-state index is 0.0572. The van der Waals surface area contributed by atoms with Gasteiger partial charge >= 0.3 is 12.1 Å². The average Bonchev–Trinajstić information content (AvgIpc) is 3.89. The number of aliphatic hydroxyl groups excluding tert-OH is 1. The number of Topliss-reactive ketones (excluding diaryl/α,β-unsaturated/α-hetero) is 2. The number of fused-ring (bicyclic) bond motifs is 1. The summed E-state index contributed by atoms with van der Waals surface area (Å²) in [6.07, 6.45) is -0.957.